The second-order valence-corrected chi connectivity index (χ2v) is 5.40. The first-order chi connectivity index (χ1) is 8.26. The van der Waals surface area contributed by atoms with Crippen molar-refractivity contribution in [1.29, 1.82) is 0 Å². The highest BCUT2D eigenvalue weighted by Crippen LogP contribution is 2.35. The average Bonchev–Trinajstić information content (AvgIpc) is 2.38. The number of benzene rings is 1. The predicted molar refractivity (Wildman–Crippen MR) is 79.5 cm³/mol. The third-order valence-corrected chi connectivity index (χ3v) is 4.36. The molecule has 0 aromatic heterocycles. The molecule has 0 spiro atoms. The Morgan fingerprint density at radius 1 is 1.22 bits per heavy atom. The number of methoxy groups -OCH3 is 2. The van der Waals surface area contributed by atoms with Gasteiger partial charge >= 0.3 is 0 Å². The molecular formula is C13H20ClNO2S. The van der Waals surface area contributed by atoms with Crippen LogP contribution < -0.4 is 15.2 Å². The first-order valence-electron chi connectivity index (χ1n) is 5.81. The van der Waals surface area contributed by atoms with E-state index in [2.05, 4.69) is 12.1 Å². The van der Waals surface area contributed by atoms with Crippen molar-refractivity contribution in [2.75, 3.05) is 25.7 Å². The second kappa shape index (κ2) is 7.12. The van der Waals surface area contributed by atoms with E-state index in [1.807, 2.05) is 17.8 Å². The summed E-state index contributed by atoms with van der Waals surface area (Å²) in [6, 6.07) is 6.36. The lowest BCUT2D eigenvalue weighted by molar-refractivity contribution is 0.354. The molecule has 0 aliphatic carbocycles. The minimum absolute atomic E-state index is 0. The fraction of sp³-hybridized carbons (Fsp3) is 0.538. The fourth-order valence-corrected chi connectivity index (χ4v) is 3.48. The normalized spacial score (nSPS) is 23.1. The quantitative estimate of drug-likeness (QED) is 0.929. The Morgan fingerprint density at radius 2 is 1.94 bits per heavy atom. The van der Waals surface area contributed by atoms with Gasteiger partial charge in [-0.2, -0.15) is 11.8 Å². The van der Waals surface area contributed by atoms with Gasteiger partial charge in [0.15, 0.2) is 11.5 Å². The summed E-state index contributed by atoms with van der Waals surface area (Å²) < 4.78 is 10.6. The van der Waals surface area contributed by atoms with Gasteiger partial charge in [0.2, 0.25) is 0 Å². The van der Waals surface area contributed by atoms with E-state index in [4.69, 9.17) is 15.2 Å². The summed E-state index contributed by atoms with van der Waals surface area (Å²) in [7, 11) is 3.32. The summed E-state index contributed by atoms with van der Waals surface area (Å²) in [5, 5.41) is 0. The highest BCUT2D eigenvalue weighted by Gasteiger charge is 2.24. The van der Waals surface area contributed by atoms with Gasteiger partial charge < -0.3 is 15.2 Å². The third kappa shape index (κ3) is 3.25. The Balaban J connectivity index is 0.00000162. The van der Waals surface area contributed by atoms with Crippen LogP contribution in [0.4, 0.5) is 0 Å². The van der Waals surface area contributed by atoms with Gasteiger partial charge in [-0.05, 0) is 29.9 Å². The molecule has 1 aliphatic rings. The summed E-state index contributed by atoms with van der Waals surface area (Å²) in [5.74, 6) is 4.25. The van der Waals surface area contributed by atoms with E-state index in [1.54, 1.807) is 14.2 Å². The summed E-state index contributed by atoms with van der Waals surface area (Å²) in [4.78, 5) is 0. The molecule has 1 aromatic carbocycles. The van der Waals surface area contributed by atoms with E-state index >= 15 is 0 Å². The molecule has 1 saturated heterocycles. The Morgan fingerprint density at radius 3 is 2.56 bits per heavy atom. The largest absolute Gasteiger partial charge is 0.493 e. The third-order valence-electron chi connectivity index (χ3n) is 3.25. The summed E-state index contributed by atoms with van der Waals surface area (Å²) >= 11 is 1.97. The first kappa shape index (κ1) is 15.5. The maximum Gasteiger partial charge on any atom is 0.160 e. The molecule has 18 heavy (non-hydrogen) atoms. The van der Waals surface area contributed by atoms with Crippen LogP contribution >= 0.6 is 24.2 Å². The number of hydrogen-bond donors (Lipinski definition) is 1. The lowest BCUT2D eigenvalue weighted by Gasteiger charge is -2.28. The zero-order valence-corrected chi connectivity index (χ0v) is 12.4. The number of rotatable bonds is 3. The van der Waals surface area contributed by atoms with Crippen molar-refractivity contribution in [3.63, 3.8) is 0 Å². The molecule has 1 aromatic rings. The SMILES string of the molecule is COc1ccc([C@H]2CSCC[C@H]2N)cc1OC.Cl. The molecule has 5 heteroatoms. The van der Waals surface area contributed by atoms with Gasteiger partial charge in [-0.1, -0.05) is 6.07 Å². The topological polar surface area (TPSA) is 44.5 Å². The highest BCUT2D eigenvalue weighted by atomic mass is 35.5. The van der Waals surface area contributed by atoms with Gasteiger partial charge in [-0.15, -0.1) is 12.4 Å². The van der Waals surface area contributed by atoms with E-state index in [-0.39, 0.29) is 18.4 Å². The molecule has 2 rings (SSSR count). The van der Waals surface area contributed by atoms with Crippen molar-refractivity contribution in [3.05, 3.63) is 23.8 Å². The van der Waals surface area contributed by atoms with Gasteiger partial charge in [0.25, 0.3) is 0 Å². The molecule has 102 valence electrons. The van der Waals surface area contributed by atoms with Crippen LogP contribution in [-0.2, 0) is 0 Å². The van der Waals surface area contributed by atoms with E-state index in [9.17, 15) is 0 Å². The number of ether oxygens (including phenoxy) is 2. The molecule has 0 saturated carbocycles. The second-order valence-electron chi connectivity index (χ2n) is 4.25. The van der Waals surface area contributed by atoms with Gasteiger partial charge in [-0.25, -0.2) is 0 Å². The molecule has 0 bridgehead atoms. The van der Waals surface area contributed by atoms with Crippen molar-refractivity contribution in [2.24, 2.45) is 5.73 Å². The smallest absolute Gasteiger partial charge is 0.160 e. The number of nitrogens with two attached hydrogens (primary N) is 1. The number of hydrogen-bond acceptors (Lipinski definition) is 4. The molecule has 1 aliphatic heterocycles. The van der Waals surface area contributed by atoms with Gasteiger partial charge in [-0.3, -0.25) is 0 Å². The van der Waals surface area contributed by atoms with E-state index in [1.165, 1.54) is 11.3 Å². The highest BCUT2D eigenvalue weighted by molar-refractivity contribution is 7.99. The zero-order valence-electron chi connectivity index (χ0n) is 10.7. The van der Waals surface area contributed by atoms with Crippen LogP contribution in [0, 0.1) is 0 Å². The number of thioether (sulfide) groups is 1. The minimum atomic E-state index is 0. The molecule has 1 fully saturated rings. The molecule has 0 unspecified atom stereocenters. The Hall–Kier alpha value is -0.580. The summed E-state index contributed by atoms with van der Waals surface area (Å²) in [5.41, 5.74) is 7.44. The van der Waals surface area contributed by atoms with Crippen LogP contribution in [0.15, 0.2) is 18.2 Å². The Bertz CT molecular complexity index is 389. The van der Waals surface area contributed by atoms with Gasteiger partial charge in [0, 0.05) is 17.7 Å². The van der Waals surface area contributed by atoms with Crippen molar-refractivity contribution in [3.8, 4) is 11.5 Å². The van der Waals surface area contributed by atoms with Crippen molar-refractivity contribution in [1.82, 2.24) is 0 Å². The molecule has 0 radical (unpaired) electrons. The van der Waals surface area contributed by atoms with Crippen LogP contribution in [0.3, 0.4) is 0 Å². The zero-order chi connectivity index (χ0) is 12.3. The van der Waals surface area contributed by atoms with Crippen molar-refractivity contribution < 1.29 is 9.47 Å². The maximum atomic E-state index is 6.19. The molecule has 2 atom stereocenters. The van der Waals surface area contributed by atoms with E-state index in [0.717, 1.165) is 23.7 Å². The number of halogens is 1. The van der Waals surface area contributed by atoms with Crippen LogP contribution in [0.5, 0.6) is 11.5 Å². The lowest BCUT2D eigenvalue weighted by Crippen LogP contribution is -2.33. The molecular weight excluding hydrogens is 270 g/mol. The molecule has 0 amide bonds. The minimum Gasteiger partial charge on any atom is -0.493 e. The lowest BCUT2D eigenvalue weighted by atomic mass is 9.91. The standard InChI is InChI=1S/C13H19NO2S.ClH/c1-15-12-4-3-9(7-13(12)16-2)10-8-17-6-5-11(10)14;/h3-4,7,10-11H,5-6,8,14H2,1-2H3;1H/t10-,11-;/m1./s1. The average molecular weight is 290 g/mol. The predicted octanol–water partition coefficient (Wildman–Crippen LogP) is 2.67. The molecule has 2 N–H and O–H groups in total. The monoisotopic (exact) mass is 289 g/mol. The Labute approximate surface area is 119 Å². The molecule has 3 nitrogen and oxygen atoms in total. The van der Waals surface area contributed by atoms with E-state index in [0.29, 0.717) is 5.92 Å². The first-order valence-corrected chi connectivity index (χ1v) is 6.97. The van der Waals surface area contributed by atoms with Crippen LogP contribution in [0.2, 0.25) is 0 Å². The van der Waals surface area contributed by atoms with Crippen LogP contribution in [0.25, 0.3) is 0 Å². The fourth-order valence-electron chi connectivity index (χ4n) is 2.18. The van der Waals surface area contributed by atoms with Crippen molar-refractivity contribution >= 4 is 24.2 Å². The van der Waals surface area contributed by atoms with Crippen LogP contribution in [-0.4, -0.2) is 31.8 Å². The van der Waals surface area contributed by atoms with Crippen molar-refractivity contribution in [2.45, 2.75) is 18.4 Å². The van der Waals surface area contributed by atoms with Crippen LogP contribution in [0.1, 0.15) is 17.9 Å². The van der Waals surface area contributed by atoms with Gasteiger partial charge in [0.1, 0.15) is 0 Å². The maximum absolute atomic E-state index is 6.19. The molecule has 1 heterocycles. The van der Waals surface area contributed by atoms with E-state index < -0.39 is 0 Å². The summed E-state index contributed by atoms with van der Waals surface area (Å²) in [6.07, 6.45) is 1.09. The Kier molecular flexibility index (Phi) is 6.12. The van der Waals surface area contributed by atoms with Gasteiger partial charge in [0.05, 0.1) is 14.2 Å². The summed E-state index contributed by atoms with van der Waals surface area (Å²) in [6.45, 7) is 0.